The fourth-order valence-corrected chi connectivity index (χ4v) is 3.57. The van der Waals surface area contributed by atoms with Crippen molar-refractivity contribution in [3.8, 4) is 0 Å². The molecule has 4 heteroatoms. The van der Waals surface area contributed by atoms with Gasteiger partial charge in [0.25, 0.3) is 0 Å². The Kier molecular flexibility index (Phi) is 4.07. The zero-order valence-electron chi connectivity index (χ0n) is 12.9. The Bertz CT molecular complexity index is 660. The van der Waals surface area contributed by atoms with E-state index in [-0.39, 0.29) is 0 Å². The van der Waals surface area contributed by atoms with Crippen LogP contribution in [-0.4, -0.2) is 16.3 Å². The predicted octanol–water partition coefficient (Wildman–Crippen LogP) is 4.62. The van der Waals surface area contributed by atoms with Crippen molar-refractivity contribution in [2.75, 3.05) is 11.9 Å². The number of benzene rings is 1. The molecule has 2 aromatic rings. The van der Waals surface area contributed by atoms with Crippen LogP contribution in [0.3, 0.4) is 0 Å². The monoisotopic (exact) mass is 347 g/mol. The molecule has 1 N–H and O–H groups in total. The second-order valence-corrected chi connectivity index (χ2v) is 6.67. The van der Waals surface area contributed by atoms with Gasteiger partial charge in [0, 0.05) is 6.54 Å². The van der Waals surface area contributed by atoms with Gasteiger partial charge in [0.15, 0.2) is 0 Å². The molecule has 0 fully saturated rings. The van der Waals surface area contributed by atoms with Crippen molar-refractivity contribution in [2.45, 2.75) is 46.1 Å². The van der Waals surface area contributed by atoms with Gasteiger partial charge in [-0.2, -0.15) is 5.10 Å². The average molecular weight is 348 g/mol. The van der Waals surface area contributed by atoms with E-state index in [0.29, 0.717) is 6.04 Å². The fourth-order valence-electron chi connectivity index (χ4n) is 2.97. The van der Waals surface area contributed by atoms with E-state index in [0.717, 1.165) is 41.8 Å². The topological polar surface area (TPSA) is 29.9 Å². The molecular weight excluding hydrogens is 326 g/mol. The number of halogens is 1. The molecule has 0 amide bonds. The van der Waals surface area contributed by atoms with Crippen LogP contribution in [0, 0.1) is 13.8 Å². The first kappa shape index (κ1) is 14.6. The Labute approximate surface area is 134 Å². The zero-order chi connectivity index (χ0) is 15.0. The van der Waals surface area contributed by atoms with Gasteiger partial charge in [-0.3, -0.25) is 0 Å². The lowest BCUT2D eigenvalue weighted by Crippen LogP contribution is -2.24. The number of nitrogens with one attached hydrogen (secondary N) is 1. The molecule has 0 spiro atoms. The molecule has 0 radical (unpaired) electrons. The van der Waals surface area contributed by atoms with Crippen LogP contribution in [0.15, 0.2) is 22.7 Å². The molecule has 1 aliphatic heterocycles. The first-order valence-electron chi connectivity index (χ1n) is 7.69. The van der Waals surface area contributed by atoms with Crippen LogP contribution in [0.5, 0.6) is 0 Å². The molecular formula is C17H22BrN3. The highest BCUT2D eigenvalue weighted by atomic mass is 79.9. The molecule has 0 bridgehead atoms. The summed E-state index contributed by atoms with van der Waals surface area (Å²) in [6.07, 6.45) is 3.21. The highest BCUT2D eigenvalue weighted by Gasteiger charge is 2.26. The van der Waals surface area contributed by atoms with E-state index in [4.69, 9.17) is 5.10 Å². The number of anilines is 1. The predicted molar refractivity (Wildman–Crippen MR) is 91.1 cm³/mol. The highest BCUT2D eigenvalue weighted by molar-refractivity contribution is 9.10. The van der Waals surface area contributed by atoms with Gasteiger partial charge >= 0.3 is 0 Å². The van der Waals surface area contributed by atoms with Gasteiger partial charge in [0.05, 0.1) is 16.2 Å². The van der Waals surface area contributed by atoms with E-state index >= 15 is 0 Å². The Morgan fingerprint density at radius 2 is 2.14 bits per heavy atom. The summed E-state index contributed by atoms with van der Waals surface area (Å²) in [5.41, 5.74) is 5.23. The van der Waals surface area contributed by atoms with E-state index in [1.807, 2.05) is 0 Å². The minimum absolute atomic E-state index is 0.336. The minimum Gasteiger partial charge on any atom is -0.369 e. The molecule has 1 aliphatic rings. The van der Waals surface area contributed by atoms with Crippen molar-refractivity contribution >= 4 is 21.7 Å². The van der Waals surface area contributed by atoms with Gasteiger partial charge in [0.1, 0.15) is 5.82 Å². The second kappa shape index (κ2) is 5.84. The number of rotatable bonds is 3. The average Bonchev–Trinajstić information content (AvgIpc) is 2.79. The van der Waals surface area contributed by atoms with Gasteiger partial charge in [0.2, 0.25) is 0 Å². The minimum atomic E-state index is 0.336. The third-order valence-electron chi connectivity index (χ3n) is 4.33. The molecule has 2 heterocycles. The second-order valence-electron chi connectivity index (χ2n) is 5.88. The van der Waals surface area contributed by atoms with Crippen LogP contribution in [0.4, 0.5) is 5.82 Å². The summed E-state index contributed by atoms with van der Waals surface area (Å²) in [6, 6.07) is 7.11. The molecule has 21 heavy (non-hydrogen) atoms. The van der Waals surface area contributed by atoms with Crippen molar-refractivity contribution in [3.05, 3.63) is 45.1 Å². The molecule has 3 nitrogen and oxygen atoms in total. The van der Waals surface area contributed by atoms with Gasteiger partial charge in [-0.1, -0.05) is 31.5 Å². The molecule has 1 atom stereocenters. The summed E-state index contributed by atoms with van der Waals surface area (Å²) in [5.74, 6) is 1.13. The molecule has 3 rings (SSSR count). The maximum atomic E-state index is 4.86. The van der Waals surface area contributed by atoms with Crippen LogP contribution < -0.4 is 5.32 Å². The van der Waals surface area contributed by atoms with Crippen LogP contribution in [0.2, 0.25) is 0 Å². The van der Waals surface area contributed by atoms with E-state index in [2.05, 4.69) is 64.9 Å². The molecule has 1 aromatic carbocycles. The van der Waals surface area contributed by atoms with E-state index in [1.54, 1.807) is 0 Å². The lowest BCUT2D eigenvalue weighted by atomic mass is 9.98. The van der Waals surface area contributed by atoms with Crippen molar-refractivity contribution in [3.63, 3.8) is 0 Å². The Morgan fingerprint density at radius 1 is 1.33 bits per heavy atom. The van der Waals surface area contributed by atoms with Gasteiger partial charge < -0.3 is 5.32 Å². The number of nitrogens with zero attached hydrogens (tertiary/aromatic N) is 2. The lowest BCUT2D eigenvalue weighted by Gasteiger charge is -2.26. The summed E-state index contributed by atoms with van der Waals surface area (Å²) in [7, 11) is 0. The Hall–Kier alpha value is -1.29. The zero-order valence-corrected chi connectivity index (χ0v) is 14.5. The van der Waals surface area contributed by atoms with Crippen molar-refractivity contribution in [1.29, 1.82) is 0 Å². The Balaban J connectivity index is 2.03. The molecule has 0 saturated heterocycles. The normalized spacial score (nSPS) is 17.4. The van der Waals surface area contributed by atoms with Crippen LogP contribution in [0.25, 0.3) is 0 Å². The number of fused-ring (bicyclic) bond motifs is 1. The van der Waals surface area contributed by atoms with E-state index in [9.17, 15) is 0 Å². The van der Waals surface area contributed by atoms with Crippen molar-refractivity contribution in [2.24, 2.45) is 0 Å². The van der Waals surface area contributed by atoms with Gasteiger partial charge in [-0.15, -0.1) is 0 Å². The number of aryl methyl sites for hydroxylation is 3. The summed E-state index contributed by atoms with van der Waals surface area (Å²) in [6.45, 7) is 7.53. The third kappa shape index (κ3) is 2.61. The standard InChI is InChI=1S/C17H22BrN3/c1-4-5-14-16(18)17-19-9-8-15(21(17)20-14)13-7-6-11(2)12(3)10-13/h6-7,10,15,19H,4-5,8-9H2,1-3H3. The third-order valence-corrected chi connectivity index (χ3v) is 5.16. The smallest absolute Gasteiger partial charge is 0.139 e. The number of hydrogen-bond acceptors (Lipinski definition) is 2. The summed E-state index contributed by atoms with van der Waals surface area (Å²) in [5, 5.41) is 8.35. The van der Waals surface area contributed by atoms with Crippen LogP contribution in [0.1, 0.15) is 48.2 Å². The van der Waals surface area contributed by atoms with Crippen molar-refractivity contribution < 1.29 is 0 Å². The summed E-state index contributed by atoms with van der Waals surface area (Å²) >= 11 is 3.72. The van der Waals surface area contributed by atoms with Crippen molar-refractivity contribution in [1.82, 2.24) is 9.78 Å². The van der Waals surface area contributed by atoms with E-state index < -0.39 is 0 Å². The lowest BCUT2D eigenvalue weighted by molar-refractivity contribution is 0.477. The first-order chi connectivity index (χ1) is 10.1. The maximum absolute atomic E-state index is 4.86. The maximum Gasteiger partial charge on any atom is 0.139 e. The SMILES string of the molecule is CCCc1nn2c(c1Br)NCCC2c1ccc(C)c(C)c1. The number of hydrogen-bond donors (Lipinski definition) is 1. The molecule has 1 aromatic heterocycles. The molecule has 0 aliphatic carbocycles. The van der Waals surface area contributed by atoms with Gasteiger partial charge in [-0.25, -0.2) is 4.68 Å². The fraction of sp³-hybridized carbons (Fsp3) is 0.471. The summed E-state index contributed by atoms with van der Waals surface area (Å²) in [4.78, 5) is 0. The van der Waals surface area contributed by atoms with Gasteiger partial charge in [-0.05, 0) is 59.3 Å². The molecule has 0 saturated carbocycles. The molecule has 1 unspecified atom stereocenters. The van der Waals surface area contributed by atoms with Crippen LogP contribution in [-0.2, 0) is 6.42 Å². The highest BCUT2D eigenvalue weighted by Crippen LogP contribution is 2.36. The van der Waals surface area contributed by atoms with Crippen LogP contribution >= 0.6 is 15.9 Å². The Morgan fingerprint density at radius 3 is 2.86 bits per heavy atom. The van der Waals surface area contributed by atoms with E-state index in [1.165, 1.54) is 16.7 Å². The largest absolute Gasteiger partial charge is 0.369 e. The number of aromatic nitrogens is 2. The summed E-state index contributed by atoms with van der Waals surface area (Å²) < 4.78 is 3.31. The quantitative estimate of drug-likeness (QED) is 0.877. The molecule has 112 valence electrons. The first-order valence-corrected chi connectivity index (χ1v) is 8.49.